The van der Waals surface area contributed by atoms with Crippen LogP contribution < -0.4 is 15.2 Å². The van der Waals surface area contributed by atoms with Crippen molar-refractivity contribution < 1.29 is 19.2 Å². The quantitative estimate of drug-likeness (QED) is 0.663. The van der Waals surface area contributed by atoms with Crippen LogP contribution in [0, 0.1) is 15.5 Å². The summed E-state index contributed by atoms with van der Waals surface area (Å²) in [7, 11) is 2.69. The molecule has 1 aromatic carbocycles. The molecule has 1 fully saturated rings. The molecule has 1 atom stereocenters. The van der Waals surface area contributed by atoms with Crippen LogP contribution in [0.3, 0.4) is 0 Å². The van der Waals surface area contributed by atoms with Gasteiger partial charge in [0.05, 0.1) is 24.7 Å². The molecule has 8 heteroatoms. The number of nitro groups is 1. The highest BCUT2D eigenvalue weighted by atomic mass is 16.6. The van der Waals surface area contributed by atoms with Gasteiger partial charge in [-0.1, -0.05) is 13.8 Å². The van der Waals surface area contributed by atoms with Crippen LogP contribution in [-0.2, 0) is 0 Å². The Morgan fingerprint density at radius 2 is 2.04 bits per heavy atom. The number of hydrogen-bond donors (Lipinski definition) is 1. The number of nitrogens with zero attached hydrogens (tertiary/aromatic N) is 2. The van der Waals surface area contributed by atoms with Crippen LogP contribution in [0.25, 0.3) is 0 Å². The largest absolute Gasteiger partial charge is 0.493 e. The van der Waals surface area contributed by atoms with Crippen molar-refractivity contribution in [1.29, 1.82) is 0 Å². The molecule has 8 nitrogen and oxygen atoms in total. The molecule has 0 radical (unpaired) electrons. The predicted molar refractivity (Wildman–Crippen MR) is 88.5 cm³/mol. The predicted octanol–water partition coefficient (Wildman–Crippen LogP) is 1.81. The SMILES string of the molecule is COc1cc(C(=O)N2CCC(N)C(C)(C)C2)cc([N+](=O)[O-])c1OC. The maximum atomic E-state index is 12.8. The molecule has 0 saturated carbocycles. The van der Waals surface area contributed by atoms with Crippen LogP contribution in [0.2, 0.25) is 0 Å². The number of hydrogen-bond acceptors (Lipinski definition) is 6. The third-order valence-electron chi connectivity index (χ3n) is 4.50. The van der Waals surface area contributed by atoms with Crippen molar-refractivity contribution in [1.82, 2.24) is 4.90 Å². The molecule has 2 N–H and O–H groups in total. The second-order valence-electron chi connectivity index (χ2n) is 6.60. The van der Waals surface area contributed by atoms with Gasteiger partial charge in [0.15, 0.2) is 5.75 Å². The summed E-state index contributed by atoms with van der Waals surface area (Å²) in [5, 5.41) is 11.3. The fourth-order valence-electron chi connectivity index (χ4n) is 2.93. The first-order valence-corrected chi connectivity index (χ1v) is 7.66. The van der Waals surface area contributed by atoms with Crippen molar-refractivity contribution in [3.63, 3.8) is 0 Å². The Bertz CT molecular complexity index is 659. The molecule has 1 aliphatic rings. The molecule has 0 bridgehead atoms. The third kappa shape index (κ3) is 3.28. The van der Waals surface area contributed by atoms with Crippen molar-refractivity contribution >= 4 is 11.6 Å². The van der Waals surface area contributed by atoms with E-state index in [0.717, 1.165) is 0 Å². The summed E-state index contributed by atoms with van der Waals surface area (Å²) in [6.45, 7) is 5.03. The fourth-order valence-corrected chi connectivity index (χ4v) is 2.93. The monoisotopic (exact) mass is 337 g/mol. The Balaban J connectivity index is 2.39. The van der Waals surface area contributed by atoms with E-state index >= 15 is 0 Å². The minimum atomic E-state index is -0.589. The molecule has 0 aliphatic carbocycles. The number of rotatable bonds is 4. The number of piperidine rings is 1. The van der Waals surface area contributed by atoms with Crippen LogP contribution in [0.1, 0.15) is 30.6 Å². The molecule has 0 aromatic heterocycles. The van der Waals surface area contributed by atoms with Gasteiger partial charge in [0.1, 0.15) is 0 Å². The summed E-state index contributed by atoms with van der Waals surface area (Å²) < 4.78 is 10.2. The first kappa shape index (κ1) is 18.0. The average molecular weight is 337 g/mol. The van der Waals surface area contributed by atoms with Gasteiger partial charge in [-0.25, -0.2) is 0 Å². The molecular formula is C16H23N3O5. The number of benzene rings is 1. The molecular weight excluding hydrogens is 314 g/mol. The maximum absolute atomic E-state index is 12.8. The number of carbonyl (C=O) groups is 1. The van der Waals surface area contributed by atoms with Crippen LogP contribution in [0.4, 0.5) is 5.69 Å². The number of nitrogens with two attached hydrogens (primary N) is 1. The van der Waals surface area contributed by atoms with E-state index in [0.29, 0.717) is 19.5 Å². The second-order valence-corrected chi connectivity index (χ2v) is 6.60. The highest BCUT2D eigenvalue weighted by Crippen LogP contribution is 2.38. The lowest BCUT2D eigenvalue weighted by Gasteiger charge is -2.42. The van der Waals surface area contributed by atoms with Gasteiger partial charge in [0, 0.05) is 25.2 Å². The van der Waals surface area contributed by atoms with Crippen molar-refractivity contribution in [2.24, 2.45) is 11.1 Å². The van der Waals surface area contributed by atoms with Crippen LogP contribution >= 0.6 is 0 Å². The smallest absolute Gasteiger partial charge is 0.315 e. The Kier molecular flexibility index (Phi) is 4.98. The van der Waals surface area contributed by atoms with Crippen LogP contribution in [0.5, 0.6) is 11.5 Å². The molecule has 24 heavy (non-hydrogen) atoms. The minimum absolute atomic E-state index is 0.0000428. The standard InChI is InChI=1S/C16H23N3O5/c1-16(2)9-18(6-5-13(16)17)15(20)10-7-11(19(21)22)14(24-4)12(8-10)23-3/h7-8,13H,5-6,9,17H2,1-4H3. The third-order valence-corrected chi connectivity index (χ3v) is 4.50. The van der Waals surface area contributed by atoms with Crippen molar-refractivity contribution in [2.45, 2.75) is 26.3 Å². The van der Waals surface area contributed by atoms with Crippen LogP contribution in [-0.4, -0.2) is 49.1 Å². The van der Waals surface area contributed by atoms with E-state index in [1.165, 1.54) is 26.4 Å². The maximum Gasteiger partial charge on any atom is 0.315 e. The molecule has 0 spiro atoms. The van der Waals surface area contributed by atoms with E-state index in [-0.39, 0.29) is 40.1 Å². The Hall–Kier alpha value is -2.35. The normalized spacial score (nSPS) is 19.7. The van der Waals surface area contributed by atoms with Gasteiger partial charge in [-0.05, 0) is 17.9 Å². The van der Waals surface area contributed by atoms with Gasteiger partial charge in [0.2, 0.25) is 5.75 Å². The first-order valence-electron chi connectivity index (χ1n) is 7.66. The molecule has 1 saturated heterocycles. The van der Waals surface area contributed by atoms with Crippen molar-refractivity contribution in [3.8, 4) is 11.5 Å². The highest BCUT2D eigenvalue weighted by molar-refractivity contribution is 5.96. The Labute approximate surface area is 140 Å². The van der Waals surface area contributed by atoms with E-state index in [1.54, 1.807) is 4.90 Å². The van der Waals surface area contributed by atoms with Crippen LogP contribution in [0.15, 0.2) is 12.1 Å². The van der Waals surface area contributed by atoms with Gasteiger partial charge in [0.25, 0.3) is 5.91 Å². The molecule has 1 heterocycles. The zero-order chi connectivity index (χ0) is 18.1. The number of nitro benzene ring substituents is 1. The number of likely N-dealkylation sites (tertiary alicyclic amines) is 1. The number of methoxy groups -OCH3 is 2. The summed E-state index contributed by atoms with van der Waals surface area (Å²) in [5.41, 5.74) is 5.79. The van der Waals surface area contributed by atoms with Gasteiger partial charge in [-0.2, -0.15) is 0 Å². The molecule has 1 aromatic rings. The molecule has 132 valence electrons. The number of carbonyl (C=O) groups excluding carboxylic acids is 1. The summed E-state index contributed by atoms with van der Waals surface area (Å²) in [5.74, 6) is -0.123. The zero-order valence-corrected chi connectivity index (χ0v) is 14.4. The molecule has 1 amide bonds. The number of ether oxygens (including phenoxy) is 2. The summed E-state index contributed by atoms with van der Waals surface area (Å²) >= 11 is 0. The van der Waals surface area contributed by atoms with E-state index in [1.807, 2.05) is 13.8 Å². The zero-order valence-electron chi connectivity index (χ0n) is 14.4. The van der Waals surface area contributed by atoms with Gasteiger partial charge < -0.3 is 20.1 Å². The Morgan fingerprint density at radius 1 is 1.38 bits per heavy atom. The van der Waals surface area contributed by atoms with E-state index in [9.17, 15) is 14.9 Å². The van der Waals surface area contributed by atoms with Gasteiger partial charge in [-0.3, -0.25) is 14.9 Å². The first-order chi connectivity index (χ1) is 11.2. The van der Waals surface area contributed by atoms with E-state index < -0.39 is 4.92 Å². The summed E-state index contributed by atoms with van der Waals surface area (Å²) in [6, 6.07) is 2.71. The average Bonchev–Trinajstić information content (AvgIpc) is 2.55. The van der Waals surface area contributed by atoms with Crippen molar-refractivity contribution in [2.75, 3.05) is 27.3 Å². The summed E-state index contributed by atoms with van der Waals surface area (Å²) in [6.07, 6.45) is 0.689. The number of amides is 1. The lowest BCUT2D eigenvalue weighted by atomic mass is 9.79. The summed E-state index contributed by atoms with van der Waals surface area (Å²) in [4.78, 5) is 25.2. The van der Waals surface area contributed by atoms with E-state index in [2.05, 4.69) is 0 Å². The Morgan fingerprint density at radius 3 is 2.54 bits per heavy atom. The molecule has 1 aliphatic heterocycles. The highest BCUT2D eigenvalue weighted by Gasteiger charge is 2.36. The topological polar surface area (TPSA) is 108 Å². The van der Waals surface area contributed by atoms with E-state index in [4.69, 9.17) is 15.2 Å². The minimum Gasteiger partial charge on any atom is -0.493 e. The molecule has 1 unspecified atom stereocenters. The van der Waals surface area contributed by atoms with Crippen molar-refractivity contribution in [3.05, 3.63) is 27.8 Å². The lowest BCUT2D eigenvalue weighted by Crippen LogP contribution is -2.54. The lowest BCUT2D eigenvalue weighted by molar-refractivity contribution is -0.385. The van der Waals surface area contributed by atoms with Gasteiger partial charge in [-0.15, -0.1) is 0 Å². The molecule has 2 rings (SSSR count). The fraction of sp³-hybridized carbons (Fsp3) is 0.562. The second kappa shape index (κ2) is 6.64. The van der Waals surface area contributed by atoms with Gasteiger partial charge >= 0.3 is 5.69 Å².